The van der Waals surface area contributed by atoms with Crippen LogP contribution in [0.4, 0.5) is 5.69 Å². The van der Waals surface area contributed by atoms with Gasteiger partial charge in [-0.1, -0.05) is 26.0 Å². The summed E-state index contributed by atoms with van der Waals surface area (Å²) in [4.78, 5) is 15.0. The summed E-state index contributed by atoms with van der Waals surface area (Å²) in [7, 11) is 0. The standard InChI is InChI=1S/C17H26N2O/c1-12(2)11-19(13(3)4)16(20)17(9-10-17)14-5-7-15(18)8-6-14/h5-8,12-13H,9-11,18H2,1-4H3. The fourth-order valence-corrected chi connectivity index (χ4v) is 2.75. The fourth-order valence-electron chi connectivity index (χ4n) is 2.75. The van der Waals surface area contributed by atoms with Crippen LogP contribution in [0.3, 0.4) is 0 Å². The van der Waals surface area contributed by atoms with E-state index in [2.05, 4.69) is 27.7 Å². The van der Waals surface area contributed by atoms with E-state index in [4.69, 9.17) is 5.73 Å². The number of nitrogen functional groups attached to an aromatic ring is 1. The van der Waals surface area contributed by atoms with Crippen molar-refractivity contribution in [2.75, 3.05) is 12.3 Å². The third kappa shape index (κ3) is 2.82. The number of nitrogens with zero attached hydrogens (tertiary/aromatic N) is 1. The lowest BCUT2D eigenvalue weighted by Gasteiger charge is -2.32. The maximum Gasteiger partial charge on any atom is 0.233 e. The lowest BCUT2D eigenvalue weighted by Crippen LogP contribution is -2.45. The van der Waals surface area contributed by atoms with Gasteiger partial charge in [0.1, 0.15) is 0 Å². The summed E-state index contributed by atoms with van der Waals surface area (Å²) in [5.74, 6) is 0.773. The highest BCUT2D eigenvalue weighted by atomic mass is 16.2. The summed E-state index contributed by atoms with van der Waals surface area (Å²) in [5.41, 5.74) is 7.33. The van der Waals surface area contributed by atoms with Gasteiger partial charge in [0.15, 0.2) is 0 Å². The van der Waals surface area contributed by atoms with Gasteiger partial charge in [0, 0.05) is 18.3 Å². The molecule has 110 valence electrons. The molecule has 1 saturated carbocycles. The molecule has 1 aromatic rings. The molecule has 3 heteroatoms. The minimum Gasteiger partial charge on any atom is -0.399 e. The van der Waals surface area contributed by atoms with Gasteiger partial charge >= 0.3 is 0 Å². The SMILES string of the molecule is CC(C)CN(C(=O)C1(c2ccc(N)cc2)CC1)C(C)C. The molecule has 0 aromatic heterocycles. The number of anilines is 1. The molecule has 0 aliphatic heterocycles. The van der Waals surface area contributed by atoms with Crippen LogP contribution >= 0.6 is 0 Å². The Labute approximate surface area is 122 Å². The quantitative estimate of drug-likeness (QED) is 0.838. The molecule has 1 aliphatic rings. The number of hydrogen-bond donors (Lipinski definition) is 1. The Morgan fingerprint density at radius 3 is 2.15 bits per heavy atom. The number of benzene rings is 1. The number of carbonyl (C=O) groups excluding carboxylic acids is 1. The molecule has 1 aliphatic carbocycles. The van der Waals surface area contributed by atoms with Crippen LogP contribution in [0.25, 0.3) is 0 Å². The lowest BCUT2D eigenvalue weighted by atomic mass is 9.93. The average Bonchev–Trinajstić information content (AvgIpc) is 3.17. The molecule has 2 N–H and O–H groups in total. The van der Waals surface area contributed by atoms with E-state index in [0.29, 0.717) is 5.92 Å². The fraction of sp³-hybridized carbons (Fsp3) is 0.588. The van der Waals surface area contributed by atoms with Crippen molar-refractivity contribution in [3.8, 4) is 0 Å². The smallest absolute Gasteiger partial charge is 0.233 e. The molecular weight excluding hydrogens is 248 g/mol. The summed E-state index contributed by atoms with van der Waals surface area (Å²) in [6, 6.07) is 8.05. The minimum atomic E-state index is -0.285. The topological polar surface area (TPSA) is 46.3 Å². The van der Waals surface area contributed by atoms with Crippen LogP contribution in [-0.2, 0) is 10.2 Å². The molecule has 0 bridgehead atoms. The number of nitrogens with two attached hydrogens (primary N) is 1. The molecule has 20 heavy (non-hydrogen) atoms. The molecular formula is C17H26N2O. The molecule has 0 heterocycles. The van der Waals surface area contributed by atoms with Crippen molar-refractivity contribution < 1.29 is 4.79 Å². The molecule has 0 radical (unpaired) electrons. The van der Waals surface area contributed by atoms with E-state index in [9.17, 15) is 4.79 Å². The molecule has 0 saturated heterocycles. The van der Waals surface area contributed by atoms with Gasteiger partial charge in [0.05, 0.1) is 5.41 Å². The van der Waals surface area contributed by atoms with Gasteiger partial charge < -0.3 is 10.6 Å². The first-order chi connectivity index (χ1) is 9.36. The van der Waals surface area contributed by atoms with Gasteiger partial charge in [0.2, 0.25) is 5.91 Å². The predicted octanol–water partition coefficient (Wildman–Crippen LogP) is 3.19. The lowest BCUT2D eigenvalue weighted by molar-refractivity contribution is -0.136. The summed E-state index contributed by atoms with van der Waals surface area (Å²) in [6.45, 7) is 9.34. The third-order valence-corrected chi connectivity index (χ3v) is 4.07. The van der Waals surface area contributed by atoms with Crippen molar-refractivity contribution in [1.29, 1.82) is 0 Å². The highest BCUT2D eigenvalue weighted by Crippen LogP contribution is 2.50. The number of amides is 1. The van der Waals surface area contributed by atoms with Crippen LogP contribution < -0.4 is 5.73 Å². The third-order valence-electron chi connectivity index (χ3n) is 4.07. The van der Waals surface area contributed by atoms with Gasteiger partial charge in [-0.15, -0.1) is 0 Å². The van der Waals surface area contributed by atoms with Crippen LogP contribution in [0.15, 0.2) is 24.3 Å². The Morgan fingerprint density at radius 2 is 1.75 bits per heavy atom. The van der Waals surface area contributed by atoms with Crippen LogP contribution in [0.2, 0.25) is 0 Å². The summed E-state index contributed by atoms with van der Waals surface area (Å²) in [5, 5.41) is 0. The highest BCUT2D eigenvalue weighted by Gasteiger charge is 2.53. The summed E-state index contributed by atoms with van der Waals surface area (Å²) in [6.07, 6.45) is 1.91. The van der Waals surface area contributed by atoms with Gasteiger partial charge in [-0.2, -0.15) is 0 Å². The molecule has 1 fully saturated rings. The van der Waals surface area contributed by atoms with Gasteiger partial charge in [-0.3, -0.25) is 4.79 Å². The Kier molecular flexibility index (Phi) is 4.07. The monoisotopic (exact) mass is 274 g/mol. The van der Waals surface area contributed by atoms with Crippen molar-refractivity contribution in [2.45, 2.75) is 52.0 Å². The van der Waals surface area contributed by atoms with Gasteiger partial charge in [-0.05, 0) is 50.3 Å². The zero-order chi connectivity index (χ0) is 14.9. The van der Waals surface area contributed by atoms with Gasteiger partial charge in [-0.25, -0.2) is 0 Å². The molecule has 0 spiro atoms. The van der Waals surface area contributed by atoms with E-state index in [1.807, 2.05) is 29.2 Å². The second-order valence-electron chi connectivity index (χ2n) is 6.65. The summed E-state index contributed by atoms with van der Waals surface area (Å²) >= 11 is 0. The Bertz CT molecular complexity index is 472. The normalized spacial score (nSPS) is 16.5. The zero-order valence-electron chi connectivity index (χ0n) is 13.0. The highest BCUT2D eigenvalue weighted by molar-refractivity contribution is 5.91. The van der Waals surface area contributed by atoms with E-state index in [0.717, 1.165) is 30.6 Å². The second kappa shape index (κ2) is 5.47. The number of rotatable bonds is 5. The van der Waals surface area contributed by atoms with Crippen molar-refractivity contribution in [3.05, 3.63) is 29.8 Å². The van der Waals surface area contributed by atoms with Crippen LogP contribution in [0.5, 0.6) is 0 Å². The molecule has 0 unspecified atom stereocenters. The first-order valence-electron chi connectivity index (χ1n) is 7.54. The van der Waals surface area contributed by atoms with E-state index >= 15 is 0 Å². The van der Waals surface area contributed by atoms with Gasteiger partial charge in [0.25, 0.3) is 0 Å². The first-order valence-corrected chi connectivity index (χ1v) is 7.54. The maximum absolute atomic E-state index is 13.0. The van der Waals surface area contributed by atoms with Crippen molar-refractivity contribution in [1.82, 2.24) is 4.90 Å². The largest absolute Gasteiger partial charge is 0.399 e. The molecule has 2 rings (SSSR count). The van der Waals surface area contributed by atoms with Crippen LogP contribution in [0.1, 0.15) is 46.1 Å². The van der Waals surface area contributed by atoms with Crippen molar-refractivity contribution in [2.24, 2.45) is 5.92 Å². The summed E-state index contributed by atoms with van der Waals surface area (Å²) < 4.78 is 0. The van der Waals surface area contributed by atoms with Crippen LogP contribution in [-0.4, -0.2) is 23.4 Å². The van der Waals surface area contributed by atoms with E-state index in [-0.39, 0.29) is 17.4 Å². The predicted molar refractivity (Wildman–Crippen MR) is 83.5 cm³/mol. The molecule has 0 atom stereocenters. The maximum atomic E-state index is 13.0. The van der Waals surface area contributed by atoms with Crippen molar-refractivity contribution in [3.63, 3.8) is 0 Å². The number of hydrogen-bond acceptors (Lipinski definition) is 2. The van der Waals surface area contributed by atoms with Crippen LogP contribution in [0, 0.1) is 5.92 Å². The Balaban J connectivity index is 2.24. The average molecular weight is 274 g/mol. The van der Waals surface area contributed by atoms with E-state index < -0.39 is 0 Å². The first kappa shape index (κ1) is 14.9. The second-order valence-corrected chi connectivity index (χ2v) is 6.65. The minimum absolute atomic E-state index is 0.246. The number of carbonyl (C=O) groups is 1. The Hall–Kier alpha value is -1.51. The molecule has 1 aromatic carbocycles. The molecule has 1 amide bonds. The van der Waals surface area contributed by atoms with E-state index in [1.54, 1.807) is 0 Å². The van der Waals surface area contributed by atoms with Crippen molar-refractivity contribution >= 4 is 11.6 Å². The molecule has 3 nitrogen and oxygen atoms in total. The zero-order valence-corrected chi connectivity index (χ0v) is 13.0. The Morgan fingerprint density at radius 1 is 1.20 bits per heavy atom. The van der Waals surface area contributed by atoms with E-state index in [1.165, 1.54) is 0 Å².